The Bertz CT molecular complexity index is 1320. The molecule has 1 saturated carbocycles. The minimum Gasteiger partial charge on any atom is -0.481 e. The average Bonchev–Trinajstić information content (AvgIpc) is 3.33. The van der Waals surface area contributed by atoms with Crippen LogP contribution in [0.2, 0.25) is 0 Å². The number of allylic oxidation sites excluding steroid dienone is 2. The van der Waals surface area contributed by atoms with Gasteiger partial charge in [0, 0.05) is 31.9 Å². The quantitative estimate of drug-likeness (QED) is 0.409. The highest BCUT2D eigenvalue weighted by Crippen LogP contribution is 2.41. The first-order valence-electron chi connectivity index (χ1n) is 13.1. The van der Waals surface area contributed by atoms with Crippen molar-refractivity contribution in [1.29, 1.82) is 0 Å². The highest BCUT2D eigenvalue weighted by molar-refractivity contribution is 6.00. The van der Waals surface area contributed by atoms with Crippen molar-refractivity contribution < 1.29 is 28.2 Å². The van der Waals surface area contributed by atoms with E-state index in [-0.39, 0.29) is 18.1 Å². The number of aromatic nitrogens is 4. The molecule has 2 aliphatic rings. The van der Waals surface area contributed by atoms with Crippen LogP contribution in [0.3, 0.4) is 0 Å². The lowest BCUT2D eigenvalue weighted by molar-refractivity contribution is -0.320. The Balaban J connectivity index is 1.61. The number of aryl methyl sites for hydroxylation is 1. The topological polar surface area (TPSA) is 99.4 Å². The van der Waals surface area contributed by atoms with Gasteiger partial charge in [-0.1, -0.05) is 42.8 Å². The van der Waals surface area contributed by atoms with Crippen molar-refractivity contribution in [3.63, 3.8) is 0 Å². The summed E-state index contributed by atoms with van der Waals surface area (Å²) in [5.41, 5.74) is 2.66. The zero-order valence-corrected chi connectivity index (χ0v) is 21.6. The number of aliphatic carboxylic acids is 1. The summed E-state index contributed by atoms with van der Waals surface area (Å²) in [7, 11) is 1.71. The first-order valence-corrected chi connectivity index (χ1v) is 13.1. The van der Waals surface area contributed by atoms with Crippen molar-refractivity contribution in [3.8, 4) is 0 Å². The van der Waals surface area contributed by atoms with Gasteiger partial charge in [0.1, 0.15) is 11.6 Å². The lowest BCUT2D eigenvalue weighted by atomic mass is 9.90. The lowest BCUT2D eigenvalue weighted by Crippen LogP contribution is -2.49. The molecule has 204 valence electrons. The van der Waals surface area contributed by atoms with E-state index in [1.54, 1.807) is 31.3 Å². The maximum atomic E-state index is 13.8. The summed E-state index contributed by atoms with van der Waals surface area (Å²) in [5, 5.41) is 21.5. The molecule has 10 heteroatoms. The maximum Gasteiger partial charge on any atom is 0.305 e. The molecule has 0 amide bonds. The molecule has 1 aromatic heterocycles. The predicted molar refractivity (Wildman–Crippen MR) is 139 cm³/mol. The van der Waals surface area contributed by atoms with Gasteiger partial charge in [0.05, 0.1) is 18.6 Å². The largest absolute Gasteiger partial charge is 0.481 e. The molecule has 0 radical (unpaired) electrons. The molecule has 1 aliphatic heterocycles. The number of halogens is 2. The number of tetrazole rings is 1. The third-order valence-electron chi connectivity index (χ3n) is 7.13. The molecule has 1 aliphatic carbocycles. The third-order valence-corrected chi connectivity index (χ3v) is 7.13. The monoisotopic (exact) mass is 536 g/mol. The molecule has 8 nitrogen and oxygen atoms in total. The first-order chi connectivity index (χ1) is 18.8. The molecule has 2 unspecified atom stereocenters. The van der Waals surface area contributed by atoms with Crippen LogP contribution in [-0.4, -0.2) is 49.3 Å². The number of rotatable bonds is 7. The van der Waals surface area contributed by atoms with Crippen LogP contribution in [0.5, 0.6) is 0 Å². The van der Waals surface area contributed by atoms with Gasteiger partial charge in [-0.2, -0.15) is 0 Å². The number of nitrogens with zero attached hydrogens (tertiary/aromatic N) is 4. The van der Waals surface area contributed by atoms with E-state index in [0.29, 0.717) is 47.4 Å². The Morgan fingerprint density at radius 3 is 2.18 bits per heavy atom. The van der Waals surface area contributed by atoms with Crippen LogP contribution < -0.4 is 0 Å². The Labute approximate surface area is 224 Å². The molecule has 2 atom stereocenters. The molecule has 2 aromatic carbocycles. The lowest BCUT2D eigenvalue weighted by Gasteiger charge is -2.46. The van der Waals surface area contributed by atoms with Crippen molar-refractivity contribution in [1.82, 2.24) is 20.2 Å². The number of carbonyl (C=O) groups is 1. The number of ether oxygens (including phenoxy) is 2. The summed E-state index contributed by atoms with van der Waals surface area (Å²) in [5.74, 6) is -2.05. The van der Waals surface area contributed by atoms with Crippen LogP contribution >= 0.6 is 0 Å². The Morgan fingerprint density at radius 1 is 1.03 bits per heavy atom. The van der Waals surface area contributed by atoms with Crippen LogP contribution in [0.15, 0.2) is 60.7 Å². The zero-order chi connectivity index (χ0) is 27.4. The number of carboxylic acids is 1. The van der Waals surface area contributed by atoms with E-state index < -0.39 is 24.0 Å². The Morgan fingerprint density at radius 2 is 1.64 bits per heavy atom. The van der Waals surface area contributed by atoms with E-state index in [0.717, 1.165) is 19.3 Å². The minimum atomic E-state index is -0.920. The SMILES string of the molecule is Cn1nnnc1C(/C=C/C1CC(CC(=O)O)OC2(CCCCC2)O1)=C(c1ccc(F)cc1)c1ccc(F)cc1. The fourth-order valence-electron chi connectivity index (χ4n) is 5.37. The summed E-state index contributed by atoms with van der Waals surface area (Å²) in [6.45, 7) is 0. The predicted octanol–water partition coefficient (Wildman–Crippen LogP) is 5.31. The van der Waals surface area contributed by atoms with Crippen molar-refractivity contribution >= 4 is 17.1 Å². The fraction of sp³-hybridized carbons (Fsp3) is 0.379. The second kappa shape index (κ2) is 11.5. The van der Waals surface area contributed by atoms with Gasteiger partial charge < -0.3 is 14.6 Å². The molecular formula is C29H30F2N4O4. The zero-order valence-electron chi connectivity index (χ0n) is 21.6. The first kappa shape index (κ1) is 26.8. The second-order valence-electron chi connectivity index (χ2n) is 9.99. The highest BCUT2D eigenvalue weighted by atomic mass is 19.1. The van der Waals surface area contributed by atoms with Crippen LogP contribution in [0, 0.1) is 11.6 Å². The van der Waals surface area contributed by atoms with Crippen LogP contribution in [0.1, 0.15) is 61.9 Å². The summed E-state index contributed by atoms with van der Waals surface area (Å²) in [4.78, 5) is 11.5. The van der Waals surface area contributed by atoms with Crippen molar-refractivity contribution in [2.24, 2.45) is 7.05 Å². The number of carboxylic acid groups (broad SMARTS) is 1. The fourth-order valence-corrected chi connectivity index (χ4v) is 5.37. The van der Waals surface area contributed by atoms with Crippen LogP contribution in [-0.2, 0) is 21.3 Å². The molecule has 0 bridgehead atoms. The standard InChI is InChI=1S/C29H30F2N4O4/c1-35-28(32-33-34-35)25(27(19-5-9-21(30)10-6-19)20-7-11-22(31)12-8-20)14-13-23-17-24(18-26(36)37)39-29(38-23)15-3-2-4-16-29/h5-14,23-24H,2-4,15-18H2,1H3,(H,36,37)/b14-13+. The van der Waals surface area contributed by atoms with Gasteiger partial charge >= 0.3 is 5.97 Å². The Kier molecular flexibility index (Phi) is 7.94. The van der Waals surface area contributed by atoms with E-state index in [2.05, 4.69) is 15.5 Å². The van der Waals surface area contributed by atoms with Crippen molar-refractivity contribution in [3.05, 3.63) is 89.3 Å². The highest BCUT2D eigenvalue weighted by Gasteiger charge is 2.43. The molecular weight excluding hydrogens is 506 g/mol. The van der Waals surface area contributed by atoms with E-state index >= 15 is 0 Å². The number of benzene rings is 2. The van der Waals surface area contributed by atoms with Crippen LogP contribution in [0.25, 0.3) is 11.1 Å². The molecule has 1 spiro atoms. The van der Waals surface area contributed by atoms with E-state index in [4.69, 9.17) is 9.47 Å². The molecule has 1 saturated heterocycles. The second-order valence-corrected chi connectivity index (χ2v) is 9.99. The van der Waals surface area contributed by atoms with Crippen LogP contribution in [0.4, 0.5) is 8.78 Å². The van der Waals surface area contributed by atoms with E-state index in [9.17, 15) is 18.7 Å². The molecule has 2 fully saturated rings. The molecule has 5 rings (SSSR count). The molecule has 1 N–H and O–H groups in total. The van der Waals surface area contributed by atoms with E-state index in [1.165, 1.54) is 28.9 Å². The van der Waals surface area contributed by atoms with Gasteiger partial charge in [0.15, 0.2) is 11.6 Å². The summed E-state index contributed by atoms with van der Waals surface area (Å²) >= 11 is 0. The summed E-state index contributed by atoms with van der Waals surface area (Å²) in [6.07, 6.45) is 7.49. The number of hydrogen-bond donors (Lipinski definition) is 1. The van der Waals surface area contributed by atoms with E-state index in [1.807, 2.05) is 12.2 Å². The minimum absolute atomic E-state index is 0.109. The molecule has 2 heterocycles. The normalized spacial score (nSPS) is 20.8. The number of hydrogen-bond acceptors (Lipinski definition) is 6. The maximum absolute atomic E-state index is 13.8. The smallest absolute Gasteiger partial charge is 0.305 e. The van der Waals surface area contributed by atoms with Crippen molar-refractivity contribution in [2.45, 2.75) is 62.9 Å². The Hall–Kier alpha value is -3.76. The van der Waals surface area contributed by atoms with Gasteiger partial charge in [0.25, 0.3) is 0 Å². The third kappa shape index (κ3) is 6.29. The summed E-state index contributed by atoms with van der Waals surface area (Å²) in [6, 6.07) is 12.0. The average molecular weight is 537 g/mol. The summed E-state index contributed by atoms with van der Waals surface area (Å²) < 4.78 is 41.9. The van der Waals surface area contributed by atoms with Gasteiger partial charge in [-0.05, 0) is 64.2 Å². The van der Waals surface area contributed by atoms with Crippen molar-refractivity contribution in [2.75, 3.05) is 0 Å². The van der Waals surface area contributed by atoms with Gasteiger partial charge in [-0.15, -0.1) is 5.10 Å². The van der Waals surface area contributed by atoms with Gasteiger partial charge in [-0.25, -0.2) is 13.5 Å². The molecule has 3 aromatic rings. The van der Waals surface area contributed by atoms with Gasteiger partial charge in [-0.3, -0.25) is 4.79 Å². The molecule has 39 heavy (non-hydrogen) atoms. The van der Waals surface area contributed by atoms with Gasteiger partial charge in [0.2, 0.25) is 0 Å².